The lowest BCUT2D eigenvalue weighted by atomic mass is 9.86. The highest BCUT2D eigenvalue weighted by Gasteiger charge is 2.44. The van der Waals surface area contributed by atoms with Crippen molar-refractivity contribution in [3.05, 3.63) is 41.0 Å². The quantitative estimate of drug-likeness (QED) is 0.560. The van der Waals surface area contributed by atoms with E-state index in [-0.39, 0.29) is 43.2 Å². The Bertz CT molecular complexity index is 1050. The van der Waals surface area contributed by atoms with Gasteiger partial charge in [0.25, 0.3) is 0 Å². The number of nitrogens with two attached hydrogens (primary N) is 1. The molecule has 0 spiro atoms. The van der Waals surface area contributed by atoms with E-state index in [1.165, 1.54) is 11.8 Å². The Kier molecular flexibility index (Phi) is 9.44. The number of hydrogen-bond acceptors (Lipinski definition) is 7. The standard InChI is InChI=1S/C25H34N4O4S.ClH/c1-14(17-7-9-18(10-8-17)21-15(2)27-13-34-21)28-23(31)20-11-19(33-16(3)30)12-29(20)24(32)22(26)25(4,5)6;/h7-10,13-14,19-20,22H,11-12,26H2,1-6H3,(H,28,31);1H/t14-,19+,20-,22+;/m0./s1. The van der Waals surface area contributed by atoms with Gasteiger partial charge in [-0.15, -0.1) is 23.7 Å². The van der Waals surface area contributed by atoms with Crippen molar-refractivity contribution in [2.75, 3.05) is 6.54 Å². The molecule has 192 valence electrons. The van der Waals surface area contributed by atoms with Crippen LogP contribution in [0, 0.1) is 12.3 Å². The van der Waals surface area contributed by atoms with E-state index in [0.29, 0.717) is 0 Å². The maximum absolute atomic E-state index is 13.3. The average molecular weight is 523 g/mol. The Morgan fingerprint density at radius 1 is 1.23 bits per heavy atom. The summed E-state index contributed by atoms with van der Waals surface area (Å²) in [6, 6.07) is 6.19. The van der Waals surface area contributed by atoms with Crippen molar-refractivity contribution < 1.29 is 19.1 Å². The molecular formula is C25H35ClN4O4S. The molecule has 4 atom stereocenters. The Morgan fingerprint density at radius 3 is 2.37 bits per heavy atom. The first-order valence-electron chi connectivity index (χ1n) is 11.4. The summed E-state index contributed by atoms with van der Waals surface area (Å²) in [5.74, 6) is -1.05. The zero-order valence-electron chi connectivity index (χ0n) is 21.0. The molecule has 1 aromatic heterocycles. The average Bonchev–Trinajstić information content (AvgIpc) is 3.37. The molecule has 1 fully saturated rings. The van der Waals surface area contributed by atoms with Crippen LogP contribution >= 0.6 is 23.7 Å². The maximum Gasteiger partial charge on any atom is 0.302 e. The van der Waals surface area contributed by atoms with Gasteiger partial charge in [0.05, 0.1) is 34.7 Å². The second kappa shape index (κ2) is 11.5. The third kappa shape index (κ3) is 6.80. The third-order valence-electron chi connectivity index (χ3n) is 6.16. The number of amides is 2. The molecule has 3 rings (SSSR count). The van der Waals surface area contributed by atoms with E-state index in [2.05, 4.69) is 10.3 Å². The molecule has 1 aliphatic heterocycles. The normalized spacial score (nSPS) is 19.5. The van der Waals surface area contributed by atoms with Gasteiger partial charge in [0.15, 0.2) is 0 Å². The van der Waals surface area contributed by atoms with Gasteiger partial charge in [-0.3, -0.25) is 14.4 Å². The van der Waals surface area contributed by atoms with Crippen LogP contribution in [0.4, 0.5) is 0 Å². The first-order valence-corrected chi connectivity index (χ1v) is 12.3. The predicted octanol–water partition coefficient (Wildman–Crippen LogP) is 3.62. The van der Waals surface area contributed by atoms with Crippen LogP contribution in [-0.2, 0) is 19.1 Å². The summed E-state index contributed by atoms with van der Waals surface area (Å²) in [7, 11) is 0. The number of rotatable bonds is 6. The van der Waals surface area contributed by atoms with Crippen molar-refractivity contribution in [3.63, 3.8) is 0 Å². The van der Waals surface area contributed by atoms with Gasteiger partial charge >= 0.3 is 5.97 Å². The van der Waals surface area contributed by atoms with Crippen molar-refractivity contribution in [2.24, 2.45) is 11.1 Å². The number of carbonyl (C=O) groups excluding carboxylic acids is 3. The van der Waals surface area contributed by atoms with Crippen LogP contribution in [0.2, 0.25) is 0 Å². The van der Waals surface area contributed by atoms with E-state index < -0.39 is 29.6 Å². The van der Waals surface area contributed by atoms with Crippen LogP contribution in [-0.4, -0.2) is 52.4 Å². The lowest BCUT2D eigenvalue weighted by Crippen LogP contribution is -2.55. The number of benzene rings is 1. The number of thiazole rings is 1. The second-order valence-corrected chi connectivity index (χ2v) is 10.8. The number of aromatic nitrogens is 1. The zero-order valence-corrected chi connectivity index (χ0v) is 22.7. The van der Waals surface area contributed by atoms with E-state index in [9.17, 15) is 14.4 Å². The summed E-state index contributed by atoms with van der Waals surface area (Å²) in [5, 5.41) is 3.02. The van der Waals surface area contributed by atoms with Crippen LogP contribution < -0.4 is 11.1 Å². The molecule has 8 nitrogen and oxygen atoms in total. The number of aryl methyl sites for hydroxylation is 1. The van der Waals surface area contributed by atoms with Gasteiger partial charge in [-0.25, -0.2) is 4.98 Å². The first kappa shape index (κ1) is 28.7. The minimum atomic E-state index is -0.779. The highest BCUT2D eigenvalue weighted by atomic mass is 35.5. The monoisotopic (exact) mass is 522 g/mol. The Morgan fingerprint density at radius 2 is 1.86 bits per heavy atom. The molecule has 0 aliphatic carbocycles. The second-order valence-electron chi connectivity index (χ2n) is 9.94. The fourth-order valence-electron chi connectivity index (χ4n) is 4.05. The molecule has 1 saturated heterocycles. The number of ether oxygens (including phenoxy) is 1. The van der Waals surface area contributed by atoms with Crippen LogP contribution in [0.25, 0.3) is 10.4 Å². The smallest absolute Gasteiger partial charge is 0.302 e. The van der Waals surface area contributed by atoms with Crippen LogP contribution in [0.5, 0.6) is 0 Å². The highest BCUT2D eigenvalue weighted by molar-refractivity contribution is 7.13. The van der Waals surface area contributed by atoms with Gasteiger partial charge in [0.1, 0.15) is 12.1 Å². The molecule has 0 saturated carbocycles. The van der Waals surface area contributed by atoms with Gasteiger partial charge in [0, 0.05) is 13.3 Å². The summed E-state index contributed by atoms with van der Waals surface area (Å²) >= 11 is 1.59. The van der Waals surface area contributed by atoms with E-state index in [0.717, 1.165) is 21.7 Å². The summed E-state index contributed by atoms with van der Waals surface area (Å²) in [5.41, 5.74) is 10.6. The van der Waals surface area contributed by atoms with Crippen molar-refractivity contribution in [1.29, 1.82) is 0 Å². The molecule has 2 heterocycles. The molecular weight excluding hydrogens is 488 g/mol. The first-order chi connectivity index (χ1) is 15.9. The summed E-state index contributed by atoms with van der Waals surface area (Å²) in [6.45, 7) is 11.0. The number of nitrogens with zero attached hydrogens (tertiary/aromatic N) is 2. The Hall–Kier alpha value is -2.49. The molecule has 1 aromatic carbocycles. The minimum Gasteiger partial charge on any atom is -0.461 e. The number of likely N-dealkylation sites (tertiary alicyclic amines) is 1. The van der Waals surface area contributed by atoms with E-state index in [1.54, 1.807) is 11.3 Å². The van der Waals surface area contributed by atoms with Crippen LogP contribution in [0.1, 0.15) is 58.3 Å². The number of halogens is 1. The van der Waals surface area contributed by atoms with Crippen molar-refractivity contribution in [2.45, 2.75) is 72.2 Å². The molecule has 3 N–H and O–H groups in total. The molecule has 0 radical (unpaired) electrons. The molecule has 2 amide bonds. The van der Waals surface area contributed by atoms with Gasteiger partial charge in [-0.1, -0.05) is 45.0 Å². The maximum atomic E-state index is 13.3. The van der Waals surface area contributed by atoms with Gasteiger partial charge in [-0.05, 0) is 30.4 Å². The van der Waals surface area contributed by atoms with Crippen LogP contribution in [0.15, 0.2) is 29.8 Å². The van der Waals surface area contributed by atoms with Crippen molar-refractivity contribution in [1.82, 2.24) is 15.2 Å². The third-order valence-corrected chi connectivity index (χ3v) is 7.13. The van der Waals surface area contributed by atoms with Gasteiger partial charge in [0.2, 0.25) is 11.8 Å². The lowest BCUT2D eigenvalue weighted by Gasteiger charge is -2.32. The summed E-state index contributed by atoms with van der Waals surface area (Å²) in [6.07, 6.45) is -0.300. The number of nitrogens with one attached hydrogen (secondary N) is 1. The largest absolute Gasteiger partial charge is 0.461 e. The van der Waals surface area contributed by atoms with Crippen molar-refractivity contribution >= 4 is 41.5 Å². The van der Waals surface area contributed by atoms with E-state index in [1.807, 2.05) is 64.4 Å². The van der Waals surface area contributed by atoms with Crippen molar-refractivity contribution in [3.8, 4) is 10.4 Å². The SMILES string of the molecule is CC(=O)O[C@@H]1C[C@@H](C(=O)N[C@@H](C)c2ccc(-c3scnc3C)cc2)N(C(=O)[C@@H](N)C(C)(C)C)C1.Cl. The number of hydrogen-bond donors (Lipinski definition) is 2. The molecule has 0 bridgehead atoms. The zero-order chi connectivity index (χ0) is 25.2. The number of carbonyl (C=O) groups is 3. The lowest BCUT2D eigenvalue weighted by molar-refractivity contribution is -0.147. The molecule has 35 heavy (non-hydrogen) atoms. The van der Waals surface area contributed by atoms with Crippen LogP contribution in [0.3, 0.4) is 0 Å². The minimum absolute atomic E-state index is 0. The predicted molar refractivity (Wildman–Crippen MR) is 139 cm³/mol. The van der Waals surface area contributed by atoms with E-state index >= 15 is 0 Å². The Balaban J connectivity index is 0.00000432. The number of esters is 1. The molecule has 0 unspecified atom stereocenters. The fraction of sp³-hybridized carbons (Fsp3) is 0.520. The van der Waals surface area contributed by atoms with E-state index in [4.69, 9.17) is 10.5 Å². The molecule has 1 aliphatic rings. The summed E-state index contributed by atoms with van der Waals surface area (Å²) in [4.78, 5) is 44.8. The van der Waals surface area contributed by atoms with Gasteiger partial charge < -0.3 is 20.7 Å². The molecule has 10 heteroatoms. The molecule has 2 aromatic rings. The highest BCUT2D eigenvalue weighted by Crippen LogP contribution is 2.29. The summed E-state index contributed by atoms with van der Waals surface area (Å²) < 4.78 is 5.33. The van der Waals surface area contributed by atoms with Gasteiger partial charge in [-0.2, -0.15) is 0 Å². The topological polar surface area (TPSA) is 115 Å². The fourth-order valence-corrected chi connectivity index (χ4v) is 4.87. The Labute approximate surface area is 217 Å².